The number of nitrogens with one attached hydrogen (secondary N) is 1. The third-order valence-electron chi connectivity index (χ3n) is 5.24. The summed E-state index contributed by atoms with van der Waals surface area (Å²) in [7, 11) is 1.36. The minimum absolute atomic E-state index is 0.299. The lowest BCUT2D eigenvalue weighted by Gasteiger charge is -2.12. The highest BCUT2D eigenvalue weighted by molar-refractivity contribution is 7.17. The van der Waals surface area contributed by atoms with E-state index in [1.807, 2.05) is 24.3 Å². The Morgan fingerprint density at radius 1 is 1.10 bits per heavy atom. The molecule has 0 radical (unpaired) electrons. The molecule has 31 heavy (non-hydrogen) atoms. The van der Waals surface area contributed by atoms with Gasteiger partial charge in [0.2, 0.25) is 0 Å². The van der Waals surface area contributed by atoms with Crippen LogP contribution in [0.5, 0.6) is 5.75 Å². The highest BCUT2D eigenvalue weighted by Gasteiger charge is 2.27. The fourth-order valence-corrected chi connectivity index (χ4v) is 5.11. The Balaban J connectivity index is 1.52. The number of anilines is 1. The van der Waals surface area contributed by atoms with Crippen LogP contribution < -0.4 is 10.1 Å². The molecule has 0 unspecified atom stereocenters. The average molecular weight is 456 g/mol. The first-order valence-electron chi connectivity index (χ1n) is 10.1. The van der Waals surface area contributed by atoms with Crippen LogP contribution in [-0.2, 0) is 24.2 Å². The summed E-state index contributed by atoms with van der Waals surface area (Å²) in [5, 5.41) is 4.09. The van der Waals surface area contributed by atoms with Gasteiger partial charge in [0.1, 0.15) is 17.4 Å². The lowest BCUT2D eigenvalue weighted by molar-refractivity contribution is 0.0601. The van der Waals surface area contributed by atoms with Crippen LogP contribution in [0.2, 0.25) is 5.02 Å². The molecular formula is C24H22ClNO4S. The molecule has 7 heteroatoms. The number of hydrogen-bond donors (Lipinski definition) is 1. The number of esters is 1. The van der Waals surface area contributed by atoms with Gasteiger partial charge in [-0.15, -0.1) is 11.3 Å². The number of amides is 1. The molecule has 1 amide bonds. The van der Waals surface area contributed by atoms with Gasteiger partial charge in [0.05, 0.1) is 12.7 Å². The van der Waals surface area contributed by atoms with Gasteiger partial charge in [0.25, 0.3) is 5.91 Å². The zero-order valence-corrected chi connectivity index (χ0v) is 18.6. The Morgan fingerprint density at radius 2 is 1.90 bits per heavy atom. The minimum Gasteiger partial charge on any atom is -0.489 e. The topological polar surface area (TPSA) is 64.6 Å². The zero-order chi connectivity index (χ0) is 21.8. The van der Waals surface area contributed by atoms with Crippen molar-refractivity contribution >= 4 is 39.8 Å². The molecule has 2 aromatic carbocycles. The molecule has 1 heterocycles. The van der Waals surface area contributed by atoms with Crippen molar-refractivity contribution in [2.24, 2.45) is 0 Å². The third-order valence-corrected chi connectivity index (χ3v) is 6.81. The fraction of sp³-hybridized carbons (Fsp3) is 0.250. The molecule has 0 saturated carbocycles. The maximum absolute atomic E-state index is 12.9. The number of benzene rings is 2. The summed E-state index contributed by atoms with van der Waals surface area (Å²) in [5.74, 6) is -0.148. The van der Waals surface area contributed by atoms with Crippen molar-refractivity contribution in [1.82, 2.24) is 0 Å². The van der Waals surface area contributed by atoms with E-state index < -0.39 is 5.97 Å². The van der Waals surface area contributed by atoms with Crippen LogP contribution in [0.4, 0.5) is 5.00 Å². The van der Waals surface area contributed by atoms with Crippen molar-refractivity contribution in [2.45, 2.75) is 32.3 Å². The van der Waals surface area contributed by atoms with Gasteiger partial charge in [-0.1, -0.05) is 35.9 Å². The van der Waals surface area contributed by atoms with E-state index in [9.17, 15) is 9.59 Å². The molecule has 160 valence electrons. The number of hydrogen-bond acceptors (Lipinski definition) is 5. The second-order valence-electron chi connectivity index (χ2n) is 7.27. The van der Waals surface area contributed by atoms with Crippen LogP contribution >= 0.6 is 22.9 Å². The van der Waals surface area contributed by atoms with Crippen LogP contribution in [0, 0.1) is 0 Å². The molecule has 0 spiro atoms. The first-order chi connectivity index (χ1) is 15.1. The summed E-state index contributed by atoms with van der Waals surface area (Å²) in [6.45, 7) is 0.300. The predicted octanol–water partition coefficient (Wildman–Crippen LogP) is 5.90. The van der Waals surface area contributed by atoms with Crippen molar-refractivity contribution in [3.8, 4) is 5.75 Å². The van der Waals surface area contributed by atoms with Gasteiger partial charge in [0, 0.05) is 21.0 Å². The molecule has 1 aliphatic rings. The molecule has 1 N–H and O–H groups in total. The largest absolute Gasteiger partial charge is 0.489 e. The van der Waals surface area contributed by atoms with Gasteiger partial charge in [-0.3, -0.25) is 4.79 Å². The number of aryl methyl sites for hydroxylation is 1. The molecular weight excluding hydrogens is 434 g/mol. The molecule has 0 atom stereocenters. The zero-order valence-electron chi connectivity index (χ0n) is 17.1. The Bertz CT molecular complexity index is 1120. The van der Waals surface area contributed by atoms with E-state index in [1.165, 1.54) is 18.4 Å². The van der Waals surface area contributed by atoms with Crippen molar-refractivity contribution < 1.29 is 19.1 Å². The number of thiophene rings is 1. The number of methoxy groups -OCH3 is 1. The minimum atomic E-state index is -0.411. The summed E-state index contributed by atoms with van der Waals surface area (Å²) >= 11 is 7.64. The smallest absolute Gasteiger partial charge is 0.341 e. The van der Waals surface area contributed by atoms with E-state index in [0.717, 1.165) is 41.7 Å². The van der Waals surface area contributed by atoms with Gasteiger partial charge in [0.15, 0.2) is 0 Å². The Kier molecular flexibility index (Phi) is 6.59. The molecule has 0 aliphatic heterocycles. The number of ether oxygens (including phenoxy) is 2. The summed E-state index contributed by atoms with van der Waals surface area (Å²) in [4.78, 5) is 26.5. The maximum Gasteiger partial charge on any atom is 0.341 e. The second-order valence-corrected chi connectivity index (χ2v) is 8.78. The van der Waals surface area contributed by atoms with Gasteiger partial charge >= 0.3 is 5.97 Å². The molecule has 3 aromatic rings. The second kappa shape index (κ2) is 9.54. The summed E-state index contributed by atoms with van der Waals surface area (Å²) in [6.07, 6.45) is 3.88. The lowest BCUT2D eigenvalue weighted by atomic mass is 9.95. The van der Waals surface area contributed by atoms with Crippen LogP contribution in [-0.4, -0.2) is 19.0 Å². The number of halogens is 1. The van der Waals surface area contributed by atoms with Crippen molar-refractivity contribution in [3.63, 3.8) is 0 Å². The van der Waals surface area contributed by atoms with Gasteiger partial charge in [-0.2, -0.15) is 0 Å². The number of rotatable bonds is 6. The van der Waals surface area contributed by atoms with Crippen molar-refractivity contribution in [3.05, 3.63) is 80.7 Å². The van der Waals surface area contributed by atoms with E-state index in [1.54, 1.807) is 24.3 Å². The summed E-state index contributed by atoms with van der Waals surface area (Å²) < 4.78 is 10.8. The first kappa shape index (κ1) is 21.4. The molecule has 0 fully saturated rings. The molecule has 5 nitrogen and oxygen atoms in total. The Hall–Kier alpha value is -2.83. The van der Waals surface area contributed by atoms with Gasteiger partial charge < -0.3 is 14.8 Å². The van der Waals surface area contributed by atoms with E-state index in [0.29, 0.717) is 33.5 Å². The lowest BCUT2D eigenvalue weighted by Crippen LogP contribution is -2.15. The van der Waals surface area contributed by atoms with Crippen LogP contribution in [0.25, 0.3) is 0 Å². The number of carbonyl (C=O) groups excluding carboxylic acids is 2. The quantitative estimate of drug-likeness (QED) is 0.470. The SMILES string of the molecule is COC(=O)c1c(NC(=O)c2cccc(OCc3ccccc3Cl)c2)sc2c1CCCC2. The van der Waals surface area contributed by atoms with E-state index >= 15 is 0 Å². The predicted molar refractivity (Wildman–Crippen MR) is 122 cm³/mol. The summed E-state index contributed by atoms with van der Waals surface area (Å²) in [6, 6.07) is 14.4. The highest BCUT2D eigenvalue weighted by Crippen LogP contribution is 2.38. The van der Waals surface area contributed by atoms with Crippen molar-refractivity contribution in [2.75, 3.05) is 12.4 Å². The molecule has 4 rings (SSSR count). The summed E-state index contributed by atoms with van der Waals surface area (Å²) in [5.41, 5.74) is 2.81. The molecule has 1 aliphatic carbocycles. The fourth-order valence-electron chi connectivity index (χ4n) is 3.65. The van der Waals surface area contributed by atoms with E-state index in [4.69, 9.17) is 21.1 Å². The first-order valence-corrected chi connectivity index (χ1v) is 11.3. The monoisotopic (exact) mass is 455 g/mol. The molecule has 0 saturated heterocycles. The number of carbonyl (C=O) groups is 2. The van der Waals surface area contributed by atoms with Crippen LogP contribution in [0.1, 0.15) is 49.6 Å². The Morgan fingerprint density at radius 3 is 2.71 bits per heavy atom. The van der Waals surface area contributed by atoms with Crippen LogP contribution in [0.15, 0.2) is 48.5 Å². The number of fused-ring (bicyclic) bond motifs is 1. The Labute approximate surface area is 190 Å². The normalized spacial score (nSPS) is 12.7. The van der Waals surface area contributed by atoms with Crippen molar-refractivity contribution in [1.29, 1.82) is 0 Å². The van der Waals surface area contributed by atoms with E-state index in [2.05, 4.69) is 5.32 Å². The average Bonchev–Trinajstić information content (AvgIpc) is 3.16. The maximum atomic E-state index is 12.9. The molecule has 0 bridgehead atoms. The standard InChI is InChI=1S/C24H22ClNO4S/c1-29-24(28)21-18-10-3-5-12-20(18)31-23(21)26-22(27)15-8-6-9-17(13-15)30-14-16-7-2-4-11-19(16)25/h2,4,6-9,11,13H,3,5,10,12,14H2,1H3,(H,26,27). The van der Waals surface area contributed by atoms with Gasteiger partial charge in [-0.05, 0) is 55.5 Å². The van der Waals surface area contributed by atoms with Gasteiger partial charge in [-0.25, -0.2) is 4.79 Å². The molecule has 1 aromatic heterocycles. The van der Waals surface area contributed by atoms with E-state index in [-0.39, 0.29) is 5.91 Å². The third kappa shape index (κ3) is 4.75. The highest BCUT2D eigenvalue weighted by atomic mass is 35.5. The van der Waals surface area contributed by atoms with Crippen LogP contribution in [0.3, 0.4) is 0 Å².